The van der Waals surface area contributed by atoms with Gasteiger partial charge in [0.1, 0.15) is 5.82 Å². The van der Waals surface area contributed by atoms with Crippen LogP contribution in [0.25, 0.3) is 0 Å². The molecule has 25 heavy (non-hydrogen) atoms. The van der Waals surface area contributed by atoms with Crippen molar-refractivity contribution in [2.24, 2.45) is 0 Å². The number of pyridine rings is 1. The number of nitrogens with zero attached hydrogens (tertiary/aromatic N) is 4. The highest BCUT2D eigenvalue weighted by Gasteiger charge is 2.37. The summed E-state index contributed by atoms with van der Waals surface area (Å²) in [7, 11) is 0. The lowest BCUT2D eigenvalue weighted by atomic mass is 10.1. The van der Waals surface area contributed by atoms with Crippen LogP contribution in [0.1, 0.15) is 44.1 Å². The molecule has 0 radical (unpaired) electrons. The van der Waals surface area contributed by atoms with Crippen LogP contribution in [-0.2, 0) is 16.1 Å². The van der Waals surface area contributed by atoms with Gasteiger partial charge in [-0.3, -0.25) is 9.59 Å². The van der Waals surface area contributed by atoms with E-state index in [1.165, 1.54) is 25.7 Å². The molecule has 0 spiro atoms. The number of carbonyl (C=O) groups excluding carboxylic acids is 2. The Morgan fingerprint density at radius 3 is 2.36 bits per heavy atom. The molecule has 1 aromatic rings. The Morgan fingerprint density at radius 1 is 0.920 bits per heavy atom. The van der Waals surface area contributed by atoms with Crippen LogP contribution in [0.5, 0.6) is 0 Å². The molecule has 0 aromatic carbocycles. The topological polar surface area (TPSA) is 56.8 Å². The minimum atomic E-state index is -0.359. The van der Waals surface area contributed by atoms with E-state index >= 15 is 0 Å². The minimum absolute atomic E-state index is 0.278. The average molecular weight is 342 g/mol. The molecule has 0 unspecified atom stereocenters. The fraction of sp³-hybridized carbons (Fsp3) is 0.632. The van der Waals surface area contributed by atoms with Crippen molar-refractivity contribution in [3.8, 4) is 0 Å². The van der Waals surface area contributed by atoms with E-state index in [9.17, 15) is 9.59 Å². The van der Waals surface area contributed by atoms with E-state index in [0.29, 0.717) is 19.6 Å². The van der Waals surface area contributed by atoms with Crippen LogP contribution in [-0.4, -0.2) is 58.8 Å². The lowest BCUT2D eigenvalue weighted by Crippen LogP contribution is -2.56. The zero-order chi connectivity index (χ0) is 17.2. The van der Waals surface area contributed by atoms with Crippen LogP contribution in [0.2, 0.25) is 0 Å². The predicted molar refractivity (Wildman–Crippen MR) is 95.1 cm³/mol. The molecule has 1 aromatic heterocycles. The van der Waals surface area contributed by atoms with Crippen molar-refractivity contribution in [1.29, 1.82) is 0 Å². The summed E-state index contributed by atoms with van der Waals surface area (Å²) < 4.78 is 0. The van der Waals surface area contributed by atoms with Crippen molar-refractivity contribution < 1.29 is 9.59 Å². The predicted octanol–water partition coefficient (Wildman–Crippen LogP) is 1.80. The lowest BCUT2D eigenvalue weighted by Gasteiger charge is -2.37. The zero-order valence-electron chi connectivity index (χ0n) is 14.7. The fourth-order valence-electron chi connectivity index (χ4n) is 4.27. The second kappa shape index (κ2) is 7.02. The summed E-state index contributed by atoms with van der Waals surface area (Å²) in [6, 6.07) is 4.34. The average Bonchev–Trinajstić information content (AvgIpc) is 3.33. The molecule has 6 heteroatoms. The Bertz CT molecular complexity index is 633. The molecule has 2 saturated heterocycles. The van der Waals surface area contributed by atoms with Crippen LogP contribution in [0, 0.1) is 0 Å². The zero-order valence-corrected chi connectivity index (χ0v) is 14.7. The van der Waals surface area contributed by atoms with Gasteiger partial charge < -0.3 is 14.7 Å². The third kappa shape index (κ3) is 3.34. The van der Waals surface area contributed by atoms with Gasteiger partial charge in [-0.15, -0.1) is 0 Å². The third-order valence-corrected chi connectivity index (χ3v) is 5.72. The highest BCUT2D eigenvalue weighted by molar-refractivity contribution is 6.35. The van der Waals surface area contributed by atoms with Crippen LogP contribution in [0.4, 0.5) is 5.82 Å². The van der Waals surface area contributed by atoms with Crippen molar-refractivity contribution >= 4 is 17.6 Å². The molecule has 0 N–H and O–H groups in total. The molecule has 3 heterocycles. The van der Waals surface area contributed by atoms with Gasteiger partial charge in [-0.05, 0) is 37.3 Å². The number of amides is 2. The summed E-state index contributed by atoms with van der Waals surface area (Å²) in [6.07, 6.45) is 8.72. The van der Waals surface area contributed by atoms with E-state index in [-0.39, 0.29) is 17.9 Å². The van der Waals surface area contributed by atoms with Gasteiger partial charge in [0.25, 0.3) is 0 Å². The fourth-order valence-corrected chi connectivity index (χ4v) is 4.27. The maximum atomic E-state index is 12.5. The standard InChI is InChI=1S/C19H26N4O2/c24-18-19(25)23(16-5-1-2-6-16)12-11-22(18)14-15-7-8-17(20-13-15)21-9-3-4-10-21/h7-8,13,16H,1-6,9-12,14H2. The first-order valence-corrected chi connectivity index (χ1v) is 9.52. The summed E-state index contributed by atoms with van der Waals surface area (Å²) in [5, 5.41) is 0. The number of rotatable bonds is 4. The summed E-state index contributed by atoms with van der Waals surface area (Å²) >= 11 is 0. The number of hydrogen-bond acceptors (Lipinski definition) is 4. The van der Waals surface area contributed by atoms with E-state index < -0.39 is 0 Å². The van der Waals surface area contributed by atoms with E-state index in [1.807, 2.05) is 18.3 Å². The molecule has 1 aliphatic carbocycles. The van der Waals surface area contributed by atoms with Gasteiger partial charge in [-0.1, -0.05) is 18.9 Å². The minimum Gasteiger partial charge on any atom is -0.357 e. The van der Waals surface area contributed by atoms with E-state index in [1.54, 1.807) is 9.80 Å². The molecule has 134 valence electrons. The number of aromatic nitrogens is 1. The van der Waals surface area contributed by atoms with Gasteiger partial charge in [0.15, 0.2) is 0 Å². The summed E-state index contributed by atoms with van der Waals surface area (Å²) in [5.74, 6) is 0.330. The number of piperazine rings is 1. The number of anilines is 1. The van der Waals surface area contributed by atoms with Gasteiger partial charge in [-0.25, -0.2) is 4.98 Å². The molecule has 0 atom stereocenters. The molecule has 3 fully saturated rings. The Labute approximate surface area is 148 Å². The number of carbonyl (C=O) groups is 2. The van der Waals surface area contributed by atoms with Crippen LogP contribution >= 0.6 is 0 Å². The molecule has 4 rings (SSSR count). The second-order valence-electron chi connectivity index (χ2n) is 7.38. The monoisotopic (exact) mass is 342 g/mol. The van der Waals surface area contributed by atoms with Crippen molar-refractivity contribution in [2.75, 3.05) is 31.1 Å². The molecule has 0 bridgehead atoms. The molecule has 2 amide bonds. The van der Waals surface area contributed by atoms with Gasteiger partial charge in [0.2, 0.25) is 0 Å². The Balaban J connectivity index is 1.37. The SMILES string of the molecule is O=C1C(=O)N(C2CCCC2)CCN1Cc1ccc(N2CCCC2)nc1. The summed E-state index contributed by atoms with van der Waals surface area (Å²) in [6.45, 7) is 3.89. The van der Waals surface area contributed by atoms with Crippen LogP contribution < -0.4 is 4.90 Å². The quantitative estimate of drug-likeness (QED) is 0.783. The summed E-state index contributed by atoms with van der Waals surface area (Å²) in [5.41, 5.74) is 0.985. The Morgan fingerprint density at radius 2 is 1.68 bits per heavy atom. The molecular formula is C19H26N4O2. The molecule has 1 saturated carbocycles. The van der Waals surface area contributed by atoms with Crippen LogP contribution in [0.3, 0.4) is 0 Å². The van der Waals surface area contributed by atoms with Crippen molar-refractivity contribution in [3.05, 3.63) is 23.9 Å². The van der Waals surface area contributed by atoms with Gasteiger partial charge in [0, 0.05) is 45.0 Å². The van der Waals surface area contributed by atoms with Crippen LogP contribution in [0.15, 0.2) is 18.3 Å². The van der Waals surface area contributed by atoms with E-state index in [4.69, 9.17) is 0 Å². The Hall–Kier alpha value is -2.11. The van der Waals surface area contributed by atoms with Crippen molar-refractivity contribution in [2.45, 2.75) is 51.1 Å². The lowest BCUT2D eigenvalue weighted by molar-refractivity contribution is -0.158. The molecule has 3 aliphatic rings. The molecule has 2 aliphatic heterocycles. The first-order chi connectivity index (χ1) is 12.2. The number of hydrogen-bond donors (Lipinski definition) is 0. The first-order valence-electron chi connectivity index (χ1n) is 9.52. The van der Waals surface area contributed by atoms with Gasteiger partial charge in [-0.2, -0.15) is 0 Å². The smallest absolute Gasteiger partial charge is 0.312 e. The Kier molecular flexibility index (Phi) is 4.59. The summed E-state index contributed by atoms with van der Waals surface area (Å²) in [4.78, 5) is 35.2. The molecule has 6 nitrogen and oxygen atoms in total. The van der Waals surface area contributed by atoms with Crippen molar-refractivity contribution in [1.82, 2.24) is 14.8 Å². The van der Waals surface area contributed by atoms with Crippen molar-refractivity contribution in [3.63, 3.8) is 0 Å². The molecular weight excluding hydrogens is 316 g/mol. The highest BCUT2D eigenvalue weighted by atomic mass is 16.2. The maximum Gasteiger partial charge on any atom is 0.312 e. The van der Waals surface area contributed by atoms with Gasteiger partial charge in [0.05, 0.1) is 0 Å². The highest BCUT2D eigenvalue weighted by Crippen LogP contribution is 2.25. The third-order valence-electron chi connectivity index (χ3n) is 5.72. The van der Waals surface area contributed by atoms with E-state index in [2.05, 4.69) is 9.88 Å². The second-order valence-corrected chi connectivity index (χ2v) is 7.38. The maximum absolute atomic E-state index is 12.5. The van der Waals surface area contributed by atoms with E-state index in [0.717, 1.165) is 37.3 Å². The first kappa shape index (κ1) is 16.4. The normalized spacial score (nSPS) is 22.3. The largest absolute Gasteiger partial charge is 0.357 e. The van der Waals surface area contributed by atoms with Gasteiger partial charge >= 0.3 is 11.8 Å².